The van der Waals surface area contributed by atoms with Gasteiger partial charge in [-0.1, -0.05) is 129 Å². The van der Waals surface area contributed by atoms with Crippen molar-refractivity contribution < 1.29 is 18.4 Å². The van der Waals surface area contributed by atoms with E-state index >= 15 is 0 Å². The summed E-state index contributed by atoms with van der Waals surface area (Å²) in [5.74, 6) is 1.28. The van der Waals surface area contributed by atoms with E-state index in [1.807, 2.05) is 48.7 Å². The van der Waals surface area contributed by atoms with Crippen molar-refractivity contribution >= 4 is 66.1 Å². The summed E-state index contributed by atoms with van der Waals surface area (Å²) in [5, 5.41) is 17.3. The summed E-state index contributed by atoms with van der Waals surface area (Å²) >= 11 is 0. The van der Waals surface area contributed by atoms with Crippen molar-refractivity contribution in [3.63, 3.8) is 0 Å². The normalized spacial score (nSPS) is 12.8. The van der Waals surface area contributed by atoms with Crippen LogP contribution in [0.4, 0.5) is 0 Å². The Morgan fingerprint density at radius 3 is 1.94 bits per heavy atom. The van der Waals surface area contributed by atoms with Crippen LogP contribution in [0.2, 0.25) is 0 Å². The number of benzene rings is 7. The first kappa shape index (κ1) is 42.5. The number of para-hydroxylation sites is 1. The molecular weight excluding hydrogens is 851 g/mol. The Bertz CT molecular complexity index is 4030. The van der Waals surface area contributed by atoms with Gasteiger partial charge in [-0.05, 0) is 123 Å². The monoisotopic (exact) mass is 903 g/mol. The Balaban J connectivity index is 1.10. The lowest BCUT2D eigenvalue weighted by Gasteiger charge is -2.28. The van der Waals surface area contributed by atoms with Gasteiger partial charge in [-0.25, -0.2) is 4.98 Å². The van der Waals surface area contributed by atoms with Gasteiger partial charge in [-0.2, -0.15) is 0 Å². The molecule has 12 rings (SSSR count). The van der Waals surface area contributed by atoms with E-state index in [0.29, 0.717) is 28.3 Å². The minimum Gasteiger partial charge on any atom is -0.507 e. The van der Waals surface area contributed by atoms with Gasteiger partial charge in [-0.3, -0.25) is 9.55 Å². The van der Waals surface area contributed by atoms with Gasteiger partial charge in [0.2, 0.25) is 0 Å². The lowest BCUT2D eigenvalue weighted by Crippen LogP contribution is -2.17. The molecule has 0 spiro atoms. The molecule has 7 nitrogen and oxygen atoms in total. The molecule has 0 saturated carbocycles. The van der Waals surface area contributed by atoms with E-state index in [1.54, 1.807) is 0 Å². The van der Waals surface area contributed by atoms with Crippen LogP contribution >= 0.6 is 0 Å². The molecule has 0 atom stereocenters. The molecule has 69 heavy (non-hydrogen) atoms. The van der Waals surface area contributed by atoms with Crippen LogP contribution in [0.25, 0.3) is 117 Å². The number of furan rings is 3. The predicted molar refractivity (Wildman–Crippen MR) is 283 cm³/mol. The van der Waals surface area contributed by atoms with Crippen molar-refractivity contribution in [1.82, 2.24) is 14.5 Å². The van der Waals surface area contributed by atoms with Crippen LogP contribution in [-0.2, 0) is 16.2 Å². The first-order valence-corrected chi connectivity index (χ1v) is 23.8. The molecule has 0 aliphatic heterocycles. The molecule has 7 heteroatoms. The zero-order valence-electron chi connectivity index (χ0n) is 40.4. The fourth-order valence-corrected chi connectivity index (χ4v) is 10.0. The van der Waals surface area contributed by atoms with Gasteiger partial charge in [0.25, 0.3) is 5.78 Å². The average Bonchev–Trinajstić information content (AvgIpc) is 4.09. The Morgan fingerprint density at radius 2 is 1.16 bits per heavy atom. The van der Waals surface area contributed by atoms with Crippen LogP contribution in [0, 0.1) is 0 Å². The molecule has 5 heterocycles. The number of phenolic OH excluding ortho intramolecular Hbond substituents is 1. The largest absolute Gasteiger partial charge is 0.507 e. The molecule has 0 saturated heterocycles. The molecule has 0 aliphatic rings. The summed E-state index contributed by atoms with van der Waals surface area (Å²) < 4.78 is 21.6. The number of phenols is 1. The molecule has 0 bridgehead atoms. The molecule has 0 aliphatic carbocycles. The number of hydrogen-bond donors (Lipinski definition) is 1. The molecule has 0 amide bonds. The van der Waals surface area contributed by atoms with Gasteiger partial charge in [0, 0.05) is 39.0 Å². The second-order valence-electron chi connectivity index (χ2n) is 21.7. The minimum absolute atomic E-state index is 0.0980. The predicted octanol–water partition coefficient (Wildman–Crippen LogP) is 17.2. The summed E-state index contributed by atoms with van der Waals surface area (Å²) in [6, 6.07) is 50.6. The number of imidazole rings is 1. The molecular formula is C62H53N3O4. The number of pyridine rings is 1. The maximum Gasteiger partial charge on any atom is 0.299 e. The number of fused-ring (bicyclic) bond motifs is 10. The van der Waals surface area contributed by atoms with Gasteiger partial charge in [0.05, 0.1) is 33.2 Å². The first-order chi connectivity index (χ1) is 33.0. The van der Waals surface area contributed by atoms with Gasteiger partial charge >= 0.3 is 0 Å². The third kappa shape index (κ3) is 6.93. The van der Waals surface area contributed by atoms with Crippen molar-refractivity contribution in [2.45, 2.75) is 78.6 Å². The average molecular weight is 904 g/mol. The highest BCUT2D eigenvalue weighted by molar-refractivity contribution is 6.25. The maximum atomic E-state index is 12.6. The van der Waals surface area contributed by atoms with Crippen molar-refractivity contribution in [3.05, 3.63) is 168 Å². The third-order valence-corrected chi connectivity index (χ3v) is 13.9. The van der Waals surface area contributed by atoms with Gasteiger partial charge in [-0.15, -0.1) is 0 Å². The molecule has 0 unspecified atom stereocenters. The Kier molecular flexibility index (Phi) is 9.26. The lowest BCUT2D eigenvalue weighted by molar-refractivity contribution is 0.446. The van der Waals surface area contributed by atoms with Crippen molar-refractivity contribution in [2.24, 2.45) is 0 Å². The first-order valence-electron chi connectivity index (χ1n) is 23.8. The van der Waals surface area contributed by atoms with E-state index in [0.717, 1.165) is 99.5 Å². The SMILES string of the molecule is CC(C)(C)c1ccc(-n2c(-c3cc(C(C)(C)C)cc(C(C)(C)C)c3O)nc3c4c(ccc32)oc2oc3ccc(-c5cc(-c6ccc7c(c6)oc6ccccc67)ccn5)cc3c24)c(-c2ccccc2)c1. The number of rotatable bonds is 5. The summed E-state index contributed by atoms with van der Waals surface area (Å²) in [5.41, 5.74) is 14.9. The van der Waals surface area contributed by atoms with Crippen LogP contribution in [0.5, 0.6) is 5.75 Å². The quantitative estimate of drug-likeness (QED) is 0.185. The zero-order chi connectivity index (χ0) is 47.7. The number of hydrogen-bond acceptors (Lipinski definition) is 6. The summed E-state index contributed by atoms with van der Waals surface area (Å²) in [6.45, 7) is 19.8. The molecule has 340 valence electrons. The second kappa shape index (κ2) is 15.1. The fourth-order valence-electron chi connectivity index (χ4n) is 10.0. The number of aromatic nitrogens is 3. The van der Waals surface area contributed by atoms with E-state index in [9.17, 15) is 5.11 Å². The number of nitrogens with zero attached hydrogens (tertiary/aromatic N) is 3. The van der Waals surface area contributed by atoms with E-state index < -0.39 is 0 Å². The highest BCUT2D eigenvalue weighted by atomic mass is 16.5. The summed E-state index contributed by atoms with van der Waals surface area (Å²) in [6.07, 6.45) is 1.86. The molecule has 0 fully saturated rings. The lowest BCUT2D eigenvalue weighted by atomic mass is 9.79. The molecule has 0 radical (unpaired) electrons. The maximum absolute atomic E-state index is 12.6. The van der Waals surface area contributed by atoms with Crippen molar-refractivity contribution in [2.75, 3.05) is 0 Å². The highest BCUT2D eigenvalue weighted by Crippen LogP contribution is 2.48. The smallest absolute Gasteiger partial charge is 0.299 e. The van der Waals surface area contributed by atoms with Crippen LogP contribution < -0.4 is 0 Å². The standard InChI is InChI=1S/C62H53N3O4/c1-60(2,3)39-21-23-48(43(32-39)35-15-11-10-12-16-35)65-49-24-26-52-55(56(49)64-58(65)45-33-40(61(4,5)6)34-46(57(45)66)62(7,8)9)54-44-29-38(20-25-51(44)68-59(54)69-52)47-30-37(27-28-63-47)36-19-22-42-41-17-13-14-18-50(41)67-53(42)31-36/h10-34,66H,1-9H3. The van der Waals surface area contributed by atoms with E-state index in [1.165, 1.54) is 5.56 Å². The van der Waals surface area contributed by atoms with Crippen LogP contribution in [-0.4, -0.2) is 19.6 Å². The fraction of sp³-hybridized carbons (Fsp3) is 0.194. The Morgan fingerprint density at radius 1 is 0.478 bits per heavy atom. The second-order valence-corrected chi connectivity index (χ2v) is 21.7. The van der Waals surface area contributed by atoms with E-state index in [2.05, 4.69) is 170 Å². The van der Waals surface area contributed by atoms with Gasteiger partial charge < -0.3 is 18.4 Å². The Hall–Kier alpha value is -7.90. The van der Waals surface area contributed by atoms with Gasteiger partial charge in [0.15, 0.2) is 0 Å². The summed E-state index contributed by atoms with van der Waals surface area (Å²) in [4.78, 5) is 10.5. The van der Waals surface area contributed by atoms with E-state index in [-0.39, 0.29) is 22.0 Å². The Labute approximate surface area is 400 Å². The summed E-state index contributed by atoms with van der Waals surface area (Å²) in [7, 11) is 0. The van der Waals surface area contributed by atoms with Crippen LogP contribution in [0.3, 0.4) is 0 Å². The molecule has 5 aromatic heterocycles. The zero-order valence-corrected chi connectivity index (χ0v) is 40.4. The van der Waals surface area contributed by atoms with Gasteiger partial charge in [0.1, 0.15) is 39.4 Å². The molecule has 7 aromatic carbocycles. The highest BCUT2D eigenvalue weighted by Gasteiger charge is 2.31. The number of aromatic hydroxyl groups is 1. The van der Waals surface area contributed by atoms with E-state index in [4.69, 9.17) is 23.2 Å². The minimum atomic E-state index is -0.353. The van der Waals surface area contributed by atoms with Crippen LogP contribution in [0.15, 0.2) is 165 Å². The van der Waals surface area contributed by atoms with Crippen LogP contribution in [0.1, 0.15) is 79.0 Å². The topological polar surface area (TPSA) is 90.4 Å². The third-order valence-electron chi connectivity index (χ3n) is 13.9. The molecule has 1 N–H and O–H groups in total. The van der Waals surface area contributed by atoms with Crippen molar-refractivity contribution in [3.8, 4) is 56.3 Å². The van der Waals surface area contributed by atoms with Crippen molar-refractivity contribution in [1.29, 1.82) is 0 Å². The molecule has 12 aromatic rings.